The first-order valence-electron chi connectivity index (χ1n) is 9.72. The fraction of sp³-hybridized carbons (Fsp3) is 0.0417. The van der Waals surface area contributed by atoms with Crippen LogP contribution < -0.4 is 10.6 Å². The van der Waals surface area contributed by atoms with Crippen molar-refractivity contribution in [3.05, 3.63) is 77.5 Å². The van der Waals surface area contributed by atoms with Gasteiger partial charge < -0.3 is 20.3 Å². The molecular formula is C24H16N4O5. The average Bonchev–Trinajstić information content (AvgIpc) is 3.21. The van der Waals surface area contributed by atoms with Crippen molar-refractivity contribution in [3.63, 3.8) is 0 Å². The van der Waals surface area contributed by atoms with Crippen LogP contribution in [0.5, 0.6) is 0 Å². The second kappa shape index (κ2) is 8.64. The second-order valence-electron chi connectivity index (χ2n) is 7.10. The Morgan fingerprint density at radius 2 is 1.76 bits per heavy atom. The maximum atomic E-state index is 13.0. The first-order chi connectivity index (χ1) is 15.9. The summed E-state index contributed by atoms with van der Waals surface area (Å²) in [6.07, 6.45) is 0. The van der Waals surface area contributed by atoms with Crippen molar-refractivity contribution in [1.29, 1.82) is 5.26 Å². The summed E-state index contributed by atoms with van der Waals surface area (Å²) in [5, 5.41) is 28.0. The maximum absolute atomic E-state index is 13.0. The van der Waals surface area contributed by atoms with E-state index in [2.05, 4.69) is 15.8 Å². The zero-order chi connectivity index (χ0) is 23.5. The first kappa shape index (κ1) is 21.3. The van der Waals surface area contributed by atoms with Crippen molar-refractivity contribution in [2.24, 2.45) is 0 Å². The Morgan fingerprint density at radius 1 is 1.00 bits per heavy atom. The van der Waals surface area contributed by atoms with Gasteiger partial charge >= 0.3 is 5.97 Å². The van der Waals surface area contributed by atoms with Crippen LogP contribution in [0.4, 0.5) is 11.4 Å². The molecule has 4 aromatic rings. The van der Waals surface area contributed by atoms with Crippen LogP contribution in [0, 0.1) is 11.3 Å². The van der Waals surface area contributed by atoms with Crippen LogP contribution >= 0.6 is 0 Å². The zero-order valence-electron chi connectivity index (χ0n) is 17.2. The van der Waals surface area contributed by atoms with Crippen molar-refractivity contribution in [2.45, 2.75) is 6.92 Å². The average molecular weight is 440 g/mol. The van der Waals surface area contributed by atoms with E-state index >= 15 is 0 Å². The molecule has 0 saturated carbocycles. The highest BCUT2D eigenvalue weighted by Gasteiger charge is 2.21. The molecular weight excluding hydrogens is 424 g/mol. The van der Waals surface area contributed by atoms with Gasteiger partial charge in [0.1, 0.15) is 0 Å². The molecule has 33 heavy (non-hydrogen) atoms. The summed E-state index contributed by atoms with van der Waals surface area (Å²) in [5.74, 6) is -2.25. The number of carbonyl (C=O) groups is 3. The van der Waals surface area contributed by atoms with Gasteiger partial charge in [0.25, 0.3) is 5.91 Å². The SMILES string of the molecule is CC(=O)Nc1cc2onc(C(=O)Nc3ccc(C#N)cc3C(=O)O)c2cc1-c1ccccc1. The number of nitrogens with one attached hydrogen (secondary N) is 2. The van der Waals surface area contributed by atoms with Gasteiger partial charge in [0.2, 0.25) is 5.91 Å². The molecule has 9 nitrogen and oxygen atoms in total. The van der Waals surface area contributed by atoms with Gasteiger partial charge in [0.15, 0.2) is 11.3 Å². The molecule has 0 radical (unpaired) electrons. The highest BCUT2D eigenvalue weighted by atomic mass is 16.5. The zero-order valence-corrected chi connectivity index (χ0v) is 17.2. The lowest BCUT2D eigenvalue weighted by atomic mass is 10.0. The Bertz CT molecular complexity index is 1450. The van der Waals surface area contributed by atoms with E-state index < -0.39 is 11.9 Å². The van der Waals surface area contributed by atoms with Gasteiger partial charge in [0, 0.05) is 18.6 Å². The Kier molecular flexibility index (Phi) is 5.57. The summed E-state index contributed by atoms with van der Waals surface area (Å²) in [5.41, 5.74) is 2.09. The van der Waals surface area contributed by atoms with Gasteiger partial charge in [-0.1, -0.05) is 35.5 Å². The number of aromatic nitrogens is 1. The van der Waals surface area contributed by atoms with Gasteiger partial charge in [-0.3, -0.25) is 9.59 Å². The van der Waals surface area contributed by atoms with Crippen LogP contribution in [-0.2, 0) is 4.79 Å². The van der Waals surface area contributed by atoms with E-state index in [4.69, 9.17) is 9.78 Å². The number of carboxylic acid groups (broad SMARTS) is 1. The van der Waals surface area contributed by atoms with Gasteiger partial charge in [-0.05, 0) is 29.8 Å². The summed E-state index contributed by atoms with van der Waals surface area (Å²) in [7, 11) is 0. The monoisotopic (exact) mass is 440 g/mol. The largest absolute Gasteiger partial charge is 0.478 e. The number of amides is 2. The van der Waals surface area contributed by atoms with E-state index in [1.54, 1.807) is 12.1 Å². The normalized spacial score (nSPS) is 10.4. The number of anilines is 2. The minimum atomic E-state index is -1.29. The van der Waals surface area contributed by atoms with Crippen molar-refractivity contribution in [3.8, 4) is 17.2 Å². The molecule has 0 aliphatic carbocycles. The molecule has 0 saturated heterocycles. The minimum Gasteiger partial charge on any atom is -0.478 e. The third-order valence-corrected chi connectivity index (χ3v) is 4.85. The Labute approximate surface area is 187 Å². The Balaban J connectivity index is 1.78. The van der Waals surface area contributed by atoms with Crippen LogP contribution in [0.3, 0.4) is 0 Å². The number of rotatable bonds is 5. The Hall–Kier alpha value is -4.97. The standard InChI is InChI=1S/C24H16N4O5/c1-13(29)26-20-11-21-18(10-16(20)15-5-3-2-4-6-15)22(28-33-21)23(30)27-19-8-7-14(12-25)9-17(19)24(31)32/h2-11H,1H3,(H,26,29)(H,27,30)(H,31,32). The molecule has 3 aromatic carbocycles. The van der Waals surface area contributed by atoms with E-state index in [1.165, 1.54) is 25.1 Å². The molecule has 2 amide bonds. The summed E-state index contributed by atoms with van der Waals surface area (Å²) >= 11 is 0. The minimum absolute atomic E-state index is 0.0146. The summed E-state index contributed by atoms with van der Waals surface area (Å²) < 4.78 is 5.31. The van der Waals surface area contributed by atoms with E-state index in [0.717, 1.165) is 5.56 Å². The molecule has 0 unspecified atom stereocenters. The highest BCUT2D eigenvalue weighted by molar-refractivity contribution is 6.14. The molecule has 9 heteroatoms. The van der Waals surface area contributed by atoms with Gasteiger partial charge in [-0.25, -0.2) is 4.79 Å². The lowest BCUT2D eigenvalue weighted by Crippen LogP contribution is -2.15. The fourth-order valence-electron chi connectivity index (χ4n) is 3.38. The number of fused-ring (bicyclic) bond motifs is 1. The molecule has 0 spiro atoms. The molecule has 0 aliphatic heterocycles. The van der Waals surface area contributed by atoms with E-state index in [0.29, 0.717) is 16.6 Å². The quantitative estimate of drug-likeness (QED) is 0.420. The van der Waals surface area contributed by atoms with Crippen LogP contribution in [0.15, 0.2) is 65.2 Å². The number of benzene rings is 3. The van der Waals surface area contributed by atoms with Crippen molar-refractivity contribution < 1.29 is 24.0 Å². The van der Waals surface area contributed by atoms with Gasteiger partial charge in [-0.15, -0.1) is 0 Å². The number of nitriles is 1. The molecule has 4 rings (SSSR count). The smallest absolute Gasteiger partial charge is 0.337 e. The molecule has 0 aliphatic rings. The fourth-order valence-corrected chi connectivity index (χ4v) is 3.38. The molecule has 0 fully saturated rings. The van der Waals surface area contributed by atoms with Crippen molar-refractivity contribution in [1.82, 2.24) is 5.16 Å². The van der Waals surface area contributed by atoms with Crippen LogP contribution in [0.25, 0.3) is 22.1 Å². The third-order valence-electron chi connectivity index (χ3n) is 4.85. The summed E-state index contributed by atoms with van der Waals surface area (Å²) in [6.45, 7) is 1.38. The number of aromatic carboxylic acids is 1. The number of hydrogen-bond donors (Lipinski definition) is 3. The first-order valence-corrected chi connectivity index (χ1v) is 9.72. The van der Waals surface area contributed by atoms with E-state index in [9.17, 15) is 19.5 Å². The van der Waals surface area contributed by atoms with Crippen LogP contribution in [0.1, 0.15) is 33.3 Å². The summed E-state index contributed by atoms with van der Waals surface area (Å²) in [4.78, 5) is 36.2. The molecule has 3 N–H and O–H groups in total. The summed E-state index contributed by atoms with van der Waals surface area (Å²) in [6, 6.07) is 18.3. The predicted molar refractivity (Wildman–Crippen MR) is 120 cm³/mol. The van der Waals surface area contributed by atoms with Crippen LogP contribution in [0.2, 0.25) is 0 Å². The van der Waals surface area contributed by atoms with Crippen molar-refractivity contribution >= 4 is 40.1 Å². The third kappa shape index (κ3) is 4.26. The van der Waals surface area contributed by atoms with Crippen LogP contribution in [-0.4, -0.2) is 28.0 Å². The molecule has 0 atom stereocenters. The second-order valence-corrected chi connectivity index (χ2v) is 7.10. The molecule has 1 heterocycles. The van der Waals surface area contributed by atoms with Gasteiger partial charge in [-0.2, -0.15) is 5.26 Å². The van der Waals surface area contributed by atoms with Crippen molar-refractivity contribution in [2.75, 3.05) is 10.6 Å². The lowest BCUT2D eigenvalue weighted by molar-refractivity contribution is -0.114. The maximum Gasteiger partial charge on any atom is 0.337 e. The highest BCUT2D eigenvalue weighted by Crippen LogP contribution is 2.34. The predicted octanol–water partition coefficient (Wildman–Crippen LogP) is 4.28. The number of carbonyl (C=O) groups excluding carboxylic acids is 2. The lowest BCUT2D eigenvalue weighted by Gasteiger charge is -2.11. The Morgan fingerprint density at radius 3 is 2.42 bits per heavy atom. The number of hydrogen-bond acceptors (Lipinski definition) is 6. The molecule has 0 bridgehead atoms. The van der Waals surface area contributed by atoms with E-state index in [1.807, 2.05) is 36.4 Å². The number of carboxylic acids is 1. The topological polar surface area (TPSA) is 145 Å². The van der Waals surface area contributed by atoms with Gasteiger partial charge in [0.05, 0.1) is 34.0 Å². The molecule has 162 valence electrons. The van der Waals surface area contributed by atoms with E-state index in [-0.39, 0.29) is 34.0 Å². The molecule has 1 aromatic heterocycles. The number of nitrogens with zero attached hydrogens (tertiary/aromatic N) is 2.